The Labute approximate surface area is 115 Å². The largest absolute Gasteiger partial charge is 0.467 e. The first-order valence-electron chi connectivity index (χ1n) is 5.83. The van der Waals surface area contributed by atoms with Crippen LogP contribution in [0.4, 0.5) is 0 Å². The topological polar surface area (TPSA) is 79.5 Å². The van der Waals surface area contributed by atoms with Gasteiger partial charge in [-0.25, -0.2) is 13.1 Å². The molecule has 2 heterocycles. The van der Waals surface area contributed by atoms with Crippen LogP contribution in [0.3, 0.4) is 0 Å². The normalized spacial score (nSPS) is 13.6. The lowest BCUT2D eigenvalue weighted by molar-refractivity contribution is 0.154. The fourth-order valence-electron chi connectivity index (χ4n) is 1.53. The van der Waals surface area contributed by atoms with Crippen molar-refractivity contribution in [1.82, 2.24) is 4.72 Å². The van der Waals surface area contributed by atoms with E-state index in [1.807, 2.05) is 6.92 Å². The lowest BCUT2D eigenvalue weighted by Gasteiger charge is -2.09. The van der Waals surface area contributed by atoms with Gasteiger partial charge in [-0.3, -0.25) is 0 Å². The van der Waals surface area contributed by atoms with Gasteiger partial charge in [-0.15, -0.1) is 11.3 Å². The molecule has 0 saturated carbocycles. The van der Waals surface area contributed by atoms with E-state index in [1.165, 1.54) is 17.6 Å². The third kappa shape index (κ3) is 3.44. The molecule has 0 amide bonds. The molecule has 0 fully saturated rings. The molecule has 1 unspecified atom stereocenters. The monoisotopic (exact) mass is 301 g/mol. The highest BCUT2D eigenvalue weighted by Crippen LogP contribution is 2.22. The van der Waals surface area contributed by atoms with Crippen molar-refractivity contribution in [3.8, 4) is 0 Å². The molecule has 0 aromatic carbocycles. The molecule has 2 aromatic rings. The minimum Gasteiger partial charge on any atom is -0.467 e. The number of nitrogens with one attached hydrogen (secondary N) is 1. The number of aliphatic hydroxyl groups is 1. The highest BCUT2D eigenvalue weighted by Gasteiger charge is 2.19. The predicted octanol–water partition coefficient (Wildman–Crippen LogP) is 1.92. The van der Waals surface area contributed by atoms with Crippen molar-refractivity contribution in [1.29, 1.82) is 0 Å². The molecule has 2 aromatic heterocycles. The van der Waals surface area contributed by atoms with Crippen molar-refractivity contribution in [2.45, 2.75) is 23.7 Å². The maximum absolute atomic E-state index is 12.0. The van der Waals surface area contributed by atoms with Crippen LogP contribution in [0, 0.1) is 0 Å². The van der Waals surface area contributed by atoms with Gasteiger partial charge in [0.05, 0.1) is 6.26 Å². The molecule has 19 heavy (non-hydrogen) atoms. The Bertz CT molecular complexity index is 616. The van der Waals surface area contributed by atoms with Gasteiger partial charge in [0, 0.05) is 11.4 Å². The number of rotatable bonds is 6. The van der Waals surface area contributed by atoms with Gasteiger partial charge in [0.15, 0.2) is 0 Å². The molecule has 104 valence electrons. The number of aliphatic hydroxyl groups excluding tert-OH is 1. The van der Waals surface area contributed by atoms with Gasteiger partial charge in [-0.1, -0.05) is 6.92 Å². The van der Waals surface area contributed by atoms with E-state index in [0.29, 0.717) is 5.76 Å². The molecule has 0 aliphatic carbocycles. The summed E-state index contributed by atoms with van der Waals surface area (Å²) < 4.78 is 31.6. The molecule has 0 radical (unpaired) electrons. The average Bonchev–Trinajstić information content (AvgIpc) is 3.06. The van der Waals surface area contributed by atoms with Gasteiger partial charge < -0.3 is 9.52 Å². The van der Waals surface area contributed by atoms with Gasteiger partial charge in [-0.2, -0.15) is 0 Å². The standard InChI is InChI=1S/C12H15NO4S2/c1-2-9-5-6-12(18-9)19(15,16)13-8-10(14)11-4-3-7-17-11/h3-7,10,13-14H,2,8H2,1H3. The van der Waals surface area contributed by atoms with Crippen LogP contribution in [-0.2, 0) is 16.4 Å². The first-order valence-corrected chi connectivity index (χ1v) is 8.12. The first-order chi connectivity index (χ1) is 9.03. The third-order valence-corrected chi connectivity index (χ3v) is 5.73. The Balaban J connectivity index is 2.01. The van der Waals surface area contributed by atoms with Gasteiger partial charge >= 0.3 is 0 Å². The van der Waals surface area contributed by atoms with E-state index in [2.05, 4.69) is 4.72 Å². The molecule has 0 aliphatic rings. The van der Waals surface area contributed by atoms with Crippen molar-refractivity contribution < 1.29 is 17.9 Å². The van der Waals surface area contributed by atoms with Crippen LogP contribution in [0.25, 0.3) is 0 Å². The zero-order valence-electron chi connectivity index (χ0n) is 10.4. The van der Waals surface area contributed by atoms with Gasteiger partial charge in [0.25, 0.3) is 0 Å². The molecule has 0 aliphatic heterocycles. The van der Waals surface area contributed by atoms with Gasteiger partial charge in [-0.05, 0) is 30.7 Å². The summed E-state index contributed by atoms with van der Waals surface area (Å²) in [5.74, 6) is 0.336. The summed E-state index contributed by atoms with van der Waals surface area (Å²) in [6.07, 6.45) is 1.24. The van der Waals surface area contributed by atoms with E-state index in [1.54, 1.807) is 24.3 Å². The summed E-state index contributed by atoms with van der Waals surface area (Å²) in [5, 5.41) is 9.75. The Morgan fingerprint density at radius 2 is 2.21 bits per heavy atom. The van der Waals surface area contributed by atoms with E-state index in [4.69, 9.17) is 4.42 Å². The Morgan fingerprint density at radius 1 is 1.42 bits per heavy atom. The number of aryl methyl sites for hydroxylation is 1. The predicted molar refractivity (Wildman–Crippen MR) is 72.6 cm³/mol. The summed E-state index contributed by atoms with van der Waals surface area (Å²) in [5.41, 5.74) is 0. The number of furan rings is 1. The van der Waals surface area contributed by atoms with Crippen molar-refractivity contribution in [3.63, 3.8) is 0 Å². The number of hydrogen-bond donors (Lipinski definition) is 2. The molecule has 0 saturated heterocycles. The summed E-state index contributed by atoms with van der Waals surface area (Å²) >= 11 is 1.23. The fourth-order valence-corrected chi connectivity index (χ4v) is 3.91. The molecule has 2 N–H and O–H groups in total. The average molecular weight is 301 g/mol. The zero-order chi connectivity index (χ0) is 13.9. The van der Waals surface area contributed by atoms with Crippen molar-refractivity contribution >= 4 is 21.4 Å². The molecular weight excluding hydrogens is 286 g/mol. The van der Waals surface area contributed by atoms with Crippen molar-refractivity contribution in [3.05, 3.63) is 41.2 Å². The number of thiophene rings is 1. The molecule has 7 heteroatoms. The summed E-state index contributed by atoms with van der Waals surface area (Å²) in [6, 6.07) is 6.60. The first kappa shape index (κ1) is 14.3. The lowest BCUT2D eigenvalue weighted by atomic mass is 10.3. The Kier molecular flexibility index (Phi) is 4.41. The maximum Gasteiger partial charge on any atom is 0.250 e. The molecular formula is C12H15NO4S2. The molecule has 0 spiro atoms. The van der Waals surface area contributed by atoms with Gasteiger partial charge in [0.2, 0.25) is 10.0 Å². The second kappa shape index (κ2) is 5.87. The van der Waals surface area contributed by atoms with Crippen LogP contribution in [0.1, 0.15) is 23.7 Å². The quantitative estimate of drug-likeness (QED) is 0.854. The minimum atomic E-state index is -3.57. The Hall–Kier alpha value is -1.15. The van der Waals surface area contributed by atoms with Crippen LogP contribution in [0.5, 0.6) is 0 Å². The van der Waals surface area contributed by atoms with Crippen LogP contribution < -0.4 is 4.72 Å². The van der Waals surface area contributed by atoms with Crippen LogP contribution in [-0.4, -0.2) is 20.1 Å². The zero-order valence-corrected chi connectivity index (χ0v) is 12.0. The highest BCUT2D eigenvalue weighted by atomic mass is 32.2. The van der Waals surface area contributed by atoms with E-state index >= 15 is 0 Å². The van der Waals surface area contributed by atoms with Crippen molar-refractivity contribution in [2.75, 3.05) is 6.54 Å². The summed E-state index contributed by atoms with van der Waals surface area (Å²) in [7, 11) is -3.57. The van der Waals surface area contributed by atoms with Gasteiger partial charge in [0.1, 0.15) is 16.1 Å². The number of hydrogen-bond acceptors (Lipinski definition) is 5. The summed E-state index contributed by atoms with van der Waals surface area (Å²) in [6.45, 7) is 1.85. The SMILES string of the molecule is CCc1ccc(S(=O)(=O)NCC(O)c2ccco2)s1. The smallest absolute Gasteiger partial charge is 0.250 e. The molecule has 5 nitrogen and oxygen atoms in total. The highest BCUT2D eigenvalue weighted by molar-refractivity contribution is 7.91. The van der Waals surface area contributed by atoms with E-state index in [0.717, 1.165) is 11.3 Å². The Morgan fingerprint density at radius 3 is 2.79 bits per heavy atom. The van der Waals surface area contributed by atoms with Crippen LogP contribution in [0.15, 0.2) is 39.2 Å². The van der Waals surface area contributed by atoms with Crippen LogP contribution in [0.2, 0.25) is 0 Å². The third-order valence-electron chi connectivity index (χ3n) is 2.59. The summed E-state index contributed by atoms with van der Waals surface area (Å²) in [4.78, 5) is 1.01. The second-order valence-corrected chi connectivity index (χ2v) is 7.12. The fraction of sp³-hybridized carbons (Fsp3) is 0.333. The van der Waals surface area contributed by atoms with E-state index in [9.17, 15) is 13.5 Å². The lowest BCUT2D eigenvalue weighted by Crippen LogP contribution is -2.27. The molecule has 0 bridgehead atoms. The van der Waals surface area contributed by atoms with Crippen molar-refractivity contribution in [2.24, 2.45) is 0 Å². The van der Waals surface area contributed by atoms with Crippen LogP contribution >= 0.6 is 11.3 Å². The van der Waals surface area contributed by atoms with E-state index < -0.39 is 16.1 Å². The maximum atomic E-state index is 12.0. The molecule has 2 rings (SSSR count). The minimum absolute atomic E-state index is 0.116. The molecule has 1 atom stereocenters. The second-order valence-electron chi connectivity index (χ2n) is 3.96. The van der Waals surface area contributed by atoms with E-state index in [-0.39, 0.29) is 10.8 Å². The number of sulfonamides is 1.